The Hall–Kier alpha value is -3.84. The second-order valence-corrected chi connectivity index (χ2v) is 7.82. The minimum Gasteiger partial charge on any atom is -0.507 e. The van der Waals surface area contributed by atoms with Crippen molar-refractivity contribution in [1.29, 1.82) is 0 Å². The number of nitrogens with zero attached hydrogens (tertiary/aromatic N) is 2. The quantitative estimate of drug-likeness (QED) is 0.331. The second kappa shape index (κ2) is 9.34. The monoisotopic (exact) mass is 464 g/mol. The molecule has 168 valence electrons. The van der Waals surface area contributed by atoms with E-state index in [1.165, 1.54) is 25.2 Å². The van der Waals surface area contributed by atoms with Crippen molar-refractivity contribution in [3.63, 3.8) is 0 Å². The van der Waals surface area contributed by atoms with Crippen LogP contribution in [-0.4, -0.2) is 40.9 Å². The molecule has 0 saturated carbocycles. The van der Waals surface area contributed by atoms with E-state index < -0.39 is 17.7 Å². The van der Waals surface area contributed by atoms with Gasteiger partial charge in [-0.05, 0) is 53.6 Å². The lowest BCUT2D eigenvalue weighted by atomic mass is 9.95. The summed E-state index contributed by atoms with van der Waals surface area (Å²) in [4.78, 5) is 31.7. The number of amides is 1. The molecule has 1 aliphatic heterocycles. The van der Waals surface area contributed by atoms with E-state index in [0.29, 0.717) is 22.6 Å². The summed E-state index contributed by atoms with van der Waals surface area (Å²) in [6, 6.07) is 14.4. The maximum Gasteiger partial charge on any atom is 0.295 e. The molecule has 0 bridgehead atoms. The number of hydrogen-bond acceptors (Lipinski definition) is 6. The Bertz CT molecular complexity index is 1240. The number of carbonyl (C=O) groups is 2. The molecule has 1 fully saturated rings. The minimum absolute atomic E-state index is 0.0245. The van der Waals surface area contributed by atoms with Crippen molar-refractivity contribution in [2.24, 2.45) is 0 Å². The molecule has 1 aliphatic rings. The fourth-order valence-corrected chi connectivity index (χ4v) is 4.11. The number of aliphatic hydroxyl groups excluding tert-OH is 1. The molecule has 0 aliphatic carbocycles. The number of carbonyl (C=O) groups excluding carboxylic acids is 2. The molecule has 2 heterocycles. The number of aromatic nitrogens is 1. The molecule has 1 unspecified atom stereocenters. The lowest BCUT2D eigenvalue weighted by Crippen LogP contribution is -2.29. The van der Waals surface area contributed by atoms with Crippen molar-refractivity contribution >= 4 is 29.1 Å². The van der Waals surface area contributed by atoms with Gasteiger partial charge in [0.05, 0.1) is 30.9 Å². The topological polar surface area (TPSA) is 89.0 Å². The number of aliphatic hydroxyl groups is 1. The van der Waals surface area contributed by atoms with Crippen molar-refractivity contribution in [3.05, 3.63) is 94.3 Å². The highest BCUT2D eigenvalue weighted by molar-refractivity contribution is 6.46. The highest BCUT2D eigenvalue weighted by Gasteiger charge is 2.46. The standard InChI is InChI=1S/C25H21ClN2O5/c1-32-18-5-3-4-16(12-18)22-21(23(29)17-6-7-20(33-2)19(26)13-17)24(30)25(31)28(22)14-15-8-10-27-11-9-15/h3-13,22,29H,14H2,1-2H3/b23-21-. The lowest BCUT2D eigenvalue weighted by Gasteiger charge is -2.25. The molecule has 3 aromatic rings. The molecule has 33 heavy (non-hydrogen) atoms. The Labute approximate surface area is 195 Å². The average molecular weight is 465 g/mol. The number of ether oxygens (including phenoxy) is 2. The number of likely N-dealkylation sites (tertiary alicyclic amines) is 1. The Morgan fingerprint density at radius 1 is 1.06 bits per heavy atom. The van der Waals surface area contributed by atoms with Crippen LogP contribution in [0.3, 0.4) is 0 Å². The number of halogens is 1. The summed E-state index contributed by atoms with van der Waals surface area (Å²) in [6.45, 7) is 0.162. The third-order valence-corrected chi connectivity index (χ3v) is 5.77. The summed E-state index contributed by atoms with van der Waals surface area (Å²) in [7, 11) is 3.01. The summed E-state index contributed by atoms with van der Waals surface area (Å²) in [5.41, 5.74) is 1.70. The zero-order valence-corrected chi connectivity index (χ0v) is 18.7. The van der Waals surface area contributed by atoms with Crippen molar-refractivity contribution in [2.75, 3.05) is 14.2 Å². The number of Topliss-reactive ketones (excluding diaryl/α,β-unsaturated/α-hetero) is 1. The molecule has 1 saturated heterocycles. The third-order valence-electron chi connectivity index (χ3n) is 5.48. The maximum atomic E-state index is 13.2. The number of ketones is 1. The van der Waals surface area contributed by atoms with Gasteiger partial charge >= 0.3 is 0 Å². The van der Waals surface area contributed by atoms with Crippen molar-refractivity contribution < 1.29 is 24.2 Å². The number of hydrogen-bond donors (Lipinski definition) is 1. The van der Waals surface area contributed by atoms with E-state index in [9.17, 15) is 14.7 Å². The lowest BCUT2D eigenvalue weighted by molar-refractivity contribution is -0.140. The summed E-state index contributed by atoms with van der Waals surface area (Å²) in [6.07, 6.45) is 3.23. The molecule has 4 rings (SSSR count). The van der Waals surface area contributed by atoms with Crippen LogP contribution in [0.5, 0.6) is 11.5 Å². The molecular weight excluding hydrogens is 444 g/mol. The molecule has 0 spiro atoms. The van der Waals surface area contributed by atoms with Crippen LogP contribution in [0.2, 0.25) is 5.02 Å². The van der Waals surface area contributed by atoms with Gasteiger partial charge in [-0.2, -0.15) is 0 Å². The van der Waals surface area contributed by atoms with E-state index in [1.807, 2.05) is 0 Å². The molecule has 0 radical (unpaired) electrons. The summed E-state index contributed by atoms with van der Waals surface area (Å²) in [5, 5.41) is 11.4. The Balaban J connectivity index is 1.88. The van der Waals surface area contributed by atoms with Crippen LogP contribution < -0.4 is 9.47 Å². The average Bonchev–Trinajstić information content (AvgIpc) is 3.09. The van der Waals surface area contributed by atoms with E-state index in [2.05, 4.69) is 4.98 Å². The maximum absolute atomic E-state index is 13.2. The normalized spacial score (nSPS) is 17.3. The first-order chi connectivity index (χ1) is 15.9. The number of benzene rings is 2. The van der Waals surface area contributed by atoms with Gasteiger partial charge in [0, 0.05) is 24.5 Å². The van der Waals surface area contributed by atoms with E-state index in [4.69, 9.17) is 21.1 Å². The summed E-state index contributed by atoms with van der Waals surface area (Å²) >= 11 is 6.23. The van der Waals surface area contributed by atoms with Gasteiger partial charge in [-0.1, -0.05) is 23.7 Å². The molecule has 7 nitrogen and oxygen atoms in total. The van der Waals surface area contributed by atoms with Crippen LogP contribution in [0.4, 0.5) is 0 Å². The van der Waals surface area contributed by atoms with Gasteiger partial charge in [-0.3, -0.25) is 14.6 Å². The Kier molecular flexibility index (Phi) is 6.33. The zero-order valence-electron chi connectivity index (χ0n) is 18.0. The van der Waals surface area contributed by atoms with E-state index in [0.717, 1.165) is 5.56 Å². The van der Waals surface area contributed by atoms with E-state index in [-0.39, 0.29) is 22.9 Å². The Morgan fingerprint density at radius 3 is 2.48 bits per heavy atom. The number of pyridine rings is 1. The van der Waals surface area contributed by atoms with Crippen LogP contribution in [0, 0.1) is 0 Å². The van der Waals surface area contributed by atoms with Crippen molar-refractivity contribution in [2.45, 2.75) is 12.6 Å². The van der Waals surface area contributed by atoms with Gasteiger partial charge < -0.3 is 19.5 Å². The molecule has 1 N–H and O–H groups in total. The van der Waals surface area contributed by atoms with Crippen molar-refractivity contribution in [3.8, 4) is 11.5 Å². The number of rotatable bonds is 6. The molecular formula is C25H21ClN2O5. The fourth-order valence-electron chi connectivity index (χ4n) is 3.86. The largest absolute Gasteiger partial charge is 0.507 e. The first kappa shape index (κ1) is 22.4. The highest BCUT2D eigenvalue weighted by atomic mass is 35.5. The molecule has 8 heteroatoms. The SMILES string of the molecule is COc1cccc(C2/C(=C(/O)c3ccc(OC)c(Cl)c3)C(=O)C(=O)N2Cc2ccncc2)c1. The first-order valence-corrected chi connectivity index (χ1v) is 10.5. The zero-order chi connectivity index (χ0) is 23.5. The van der Waals surface area contributed by atoms with Crippen LogP contribution in [0.15, 0.2) is 72.6 Å². The first-order valence-electron chi connectivity index (χ1n) is 10.1. The van der Waals surface area contributed by atoms with E-state index >= 15 is 0 Å². The van der Waals surface area contributed by atoms with Crippen molar-refractivity contribution in [1.82, 2.24) is 9.88 Å². The minimum atomic E-state index is -0.825. The van der Waals surface area contributed by atoms with Gasteiger partial charge in [-0.15, -0.1) is 0 Å². The van der Waals surface area contributed by atoms with Crippen LogP contribution in [0.25, 0.3) is 5.76 Å². The summed E-state index contributed by atoms with van der Waals surface area (Å²) in [5.74, 6) is -0.810. The molecule has 2 aromatic carbocycles. The van der Waals surface area contributed by atoms with Gasteiger partial charge in [-0.25, -0.2) is 0 Å². The van der Waals surface area contributed by atoms with Gasteiger partial charge in [0.2, 0.25) is 0 Å². The molecule has 1 atom stereocenters. The fraction of sp³-hybridized carbons (Fsp3) is 0.160. The predicted octanol–water partition coefficient (Wildman–Crippen LogP) is 4.37. The smallest absolute Gasteiger partial charge is 0.295 e. The number of methoxy groups -OCH3 is 2. The van der Waals surface area contributed by atoms with E-state index in [1.54, 1.807) is 60.9 Å². The van der Waals surface area contributed by atoms with Crippen LogP contribution in [-0.2, 0) is 16.1 Å². The highest BCUT2D eigenvalue weighted by Crippen LogP contribution is 2.41. The van der Waals surface area contributed by atoms with Gasteiger partial charge in [0.1, 0.15) is 17.3 Å². The summed E-state index contributed by atoms with van der Waals surface area (Å²) < 4.78 is 10.5. The predicted molar refractivity (Wildman–Crippen MR) is 123 cm³/mol. The Morgan fingerprint density at radius 2 is 1.82 bits per heavy atom. The van der Waals surface area contributed by atoms with Gasteiger partial charge in [0.25, 0.3) is 11.7 Å². The van der Waals surface area contributed by atoms with Crippen LogP contribution >= 0.6 is 11.6 Å². The second-order valence-electron chi connectivity index (χ2n) is 7.41. The van der Waals surface area contributed by atoms with Crippen LogP contribution in [0.1, 0.15) is 22.7 Å². The van der Waals surface area contributed by atoms with Gasteiger partial charge in [0.15, 0.2) is 0 Å². The molecule has 1 aromatic heterocycles. The molecule has 1 amide bonds. The third kappa shape index (κ3) is 4.27.